The third-order valence-electron chi connectivity index (χ3n) is 4.91. The first kappa shape index (κ1) is 20.3. The minimum atomic E-state index is -0.831. The predicted molar refractivity (Wildman–Crippen MR) is 116 cm³/mol. The van der Waals surface area contributed by atoms with E-state index in [4.69, 9.17) is 27.9 Å². The fourth-order valence-electron chi connectivity index (χ4n) is 3.40. The van der Waals surface area contributed by atoms with Crippen LogP contribution < -0.4 is 15.4 Å². The number of methoxy groups -OCH3 is 1. The SMILES string of the molecule is COc1ccc(Cl)c(NC(=O)[C@@H]2CC(=O)Nc3c(C)c(-c4cccc(Cl)c4)nn32)c1. The first-order valence-corrected chi connectivity index (χ1v) is 9.92. The van der Waals surface area contributed by atoms with Crippen LogP contribution in [0.1, 0.15) is 18.0 Å². The van der Waals surface area contributed by atoms with E-state index in [0.29, 0.717) is 33.0 Å². The Balaban J connectivity index is 1.71. The number of amides is 2. The maximum atomic E-state index is 13.1. The van der Waals surface area contributed by atoms with Crippen molar-refractivity contribution in [2.45, 2.75) is 19.4 Å². The lowest BCUT2D eigenvalue weighted by Gasteiger charge is -2.24. The van der Waals surface area contributed by atoms with Crippen LogP contribution in [0.15, 0.2) is 42.5 Å². The lowest BCUT2D eigenvalue weighted by Crippen LogP contribution is -2.36. The van der Waals surface area contributed by atoms with Crippen LogP contribution in [0.3, 0.4) is 0 Å². The molecule has 2 heterocycles. The van der Waals surface area contributed by atoms with Crippen molar-refractivity contribution in [3.8, 4) is 17.0 Å². The average Bonchev–Trinajstić information content (AvgIpc) is 3.05. The second-order valence-electron chi connectivity index (χ2n) is 6.88. The molecule has 2 aromatic carbocycles. The highest BCUT2D eigenvalue weighted by Crippen LogP contribution is 2.36. The van der Waals surface area contributed by atoms with Crippen molar-refractivity contribution in [1.29, 1.82) is 0 Å². The van der Waals surface area contributed by atoms with E-state index in [1.54, 1.807) is 30.3 Å². The molecule has 9 heteroatoms. The molecule has 154 valence electrons. The molecule has 0 fully saturated rings. The third kappa shape index (κ3) is 3.74. The van der Waals surface area contributed by atoms with Crippen molar-refractivity contribution in [3.63, 3.8) is 0 Å². The molecule has 0 saturated heterocycles. The van der Waals surface area contributed by atoms with Crippen molar-refractivity contribution in [2.75, 3.05) is 17.7 Å². The van der Waals surface area contributed by atoms with Crippen molar-refractivity contribution < 1.29 is 14.3 Å². The quantitative estimate of drug-likeness (QED) is 0.610. The lowest BCUT2D eigenvalue weighted by molar-refractivity contribution is -0.125. The number of nitrogens with one attached hydrogen (secondary N) is 2. The maximum absolute atomic E-state index is 13.1. The molecule has 0 radical (unpaired) electrons. The first-order chi connectivity index (χ1) is 14.4. The number of halogens is 2. The van der Waals surface area contributed by atoms with Crippen molar-refractivity contribution in [2.24, 2.45) is 0 Å². The summed E-state index contributed by atoms with van der Waals surface area (Å²) in [6, 6.07) is 11.4. The van der Waals surface area contributed by atoms with E-state index in [9.17, 15) is 9.59 Å². The van der Waals surface area contributed by atoms with Crippen LogP contribution in [0.4, 0.5) is 11.5 Å². The average molecular weight is 445 g/mol. The Labute approximate surface area is 182 Å². The van der Waals surface area contributed by atoms with Crippen LogP contribution in [-0.2, 0) is 9.59 Å². The van der Waals surface area contributed by atoms with Gasteiger partial charge in [0.25, 0.3) is 0 Å². The number of benzene rings is 2. The molecule has 0 unspecified atom stereocenters. The molecule has 0 aliphatic carbocycles. The zero-order chi connectivity index (χ0) is 21.4. The molecule has 3 aromatic rings. The number of hydrogen-bond donors (Lipinski definition) is 2. The van der Waals surface area contributed by atoms with Crippen LogP contribution >= 0.6 is 23.2 Å². The number of rotatable bonds is 4. The normalized spacial score (nSPS) is 15.3. The van der Waals surface area contributed by atoms with E-state index >= 15 is 0 Å². The maximum Gasteiger partial charge on any atom is 0.249 e. The molecule has 1 aliphatic heterocycles. The Morgan fingerprint density at radius 3 is 2.80 bits per heavy atom. The summed E-state index contributed by atoms with van der Waals surface area (Å²) in [6.07, 6.45) is -0.0451. The first-order valence-electron chi connectivity index (χ1n) is 9.16. The van der Waals surface area contributed by atoms with Crippen LogP contribution in [0.25, 0.3) is 11.3 Å². The summed E-state index contributed by atoms with van der Waals surface area (Å²) in [6.45, 7) is 1.84. The van der Waals surface area contributed by atoms with Gasteiger partial charge in [-0.3, -0.25) is 9.59 Å². The summed E-state index contributed by atoms with van der Waals surface area (Å²) in [5.74, 6) is 0.370. The topological polar surface area (TPSA) is 85.2 Å². The fraction of sp³-hybridized carbons (Fsp3) is 0.190. The van der Waals surface area contributed by atoms with Gasteiger partial charge in [-0.2, -0.15) is 5.10 Å². The van der Waals surface area contributed by atoms with Gasteiger partial charge in [-0.1, -0.05) is 35.3 Å². The number of ether oxygens (including phenoxy) is 1. The van der Waals surface area contributed by atoms with Gasteiger partial charge in [-0.05, 0) is 31.2 Å². The molecule has 1 aromatic heterocycles. The highest BCUT2D eigenvalue weighted by atomic mass is 35.5. The summed E-state index contributed by atoms with van der Waals surface area (Å²) in [5, 5.41) is 11.2. The Hall–Kier alpha value is -3.03. The van der Waals surface area contributed by atoms with E-state index in [2.05, 4.69) is 15.7 Å². The Kier molecular flexibility index (Phi) is 5.40. The highest BCUT2D eigenvalue weighted by molar-refractivity contribution is 6.33. The molecule has 30 heavy (non-hydrogen) atoms. The number of anilines is 2. The molecule has 0 spiro atoms. The number of aromatic nitrogens is 2. The van der Waals surface area contributed by atoms with Crippen LogP contribution in [0, 0.1) is 6.92 Å². The smallest absolute Gasteiger partial charge is 0.249 e. The fourth-order valence-corrected chi connectivity index (χ4v) is 3.75. The predicted octanol–water partition coefficient (Wildman–Crippen LogP) is 4.70. The van der Waals surface area contributed by atoms with E-state index in [0.717, 1.165) is 11.1 Å². The van der Waals surface area contributed by atoms with Gasteiger partial charge in [0.1, 0.15) is 17.6 Å². The van der Waals surface area contributed by atoms with E-state index < -0.39 is 11.9 Å². The molecular formula is C21H18Cl2N4O3. The van der Waals surface area contributed by atoms with Crippen LogP contribution in [-0.4, -0.2) is 28.7 Å². The molecule has 7 nitrogen and oxygen atoms in total. The van der Waals surface area contributed by atoms with Gasteiger partial charge in [-0.15, -0.1) is 0 Å². The summed E-state index contributed by atoms with van der Waals surface area (Å²) >= 11 is 12.3. The molecule has 0 saturated carbocycles. The summed E-state index contributed by atoms with van der Waals surface area (Å²) < 4.78 is 6.72. The second-order valence-corrected chi connectivity index (χ2v) is 7.72. The van der Waals surface area contributed by atoms with E-state index in [1.165, 1.54) is 11.8 Å². The summed E-state index contributed by atoms with van der Waals surface area (Å²) in [4.78, 5) is 25.4. The van der Waals surface area contributed by atoms with Gasteiger partial charge in [0, 0.05) is 22.2 Å². The molecule has 1 aliphatic rings. The zero-order valence-corrected chi connectivity index (χ0v) is 17.7. The molecule has 2 amide bonds. The molecule has 4 rings (SSSR count). The van der Waals surface area contributed by atoms with Gasteiger partial charge < -0.3 is 15.4 Å². The van der Waals surface area contributed by atoms with Crippen LogP contribution in [0.2, 0.25) is 10.0 Å². The highest BCUT2D eigenvalue weighted by Gasteiger charge is 2.34. The Morgan fingerprint density at radius 2 is 2.07 bits per heavy atom. The largest absolute Gasteiger partial charge is 0.497 e. The number of hydrogen-bond acceptors (Lipinski definition) is 4. The minimum Gasteiger partial charge on any atom is -0.497 e. The number of carbonyl (C=O) groups is 2. The van der Waals surface area contributed by atoms with Crippen LogP contribution in [0.5, 0.6) is 5.75 Å². The van der Waals surface area contributed by atoms with Gasteiger partial charge in [-0.25, -0.2) is 4.68 Å². The van der Waals surface area contributed by atoms with E-state index in [-0.39, 0.29) is 12.3 Å². The van der Waals surface area contributed by atoms with E-state index in [1.807, 2.05) is 19.1 Å². The molecular weight excluding hydrogens is 427 g/mol. The Morgan fingerprint density at radius 1 is 1.27 bits per heavy atom. The molecule has 1 atom stereocenters. The third-order valence-corrected chi connectivity index (χ3v) is 5.48. The lowest BCUT2D eigenvalue weighted by atomic mass is 10.1. The number of carbonyl (C=O) groups excluding carboxylic acids is 2. The second kappa shape index (κ2) is 8.01. The number of fused-ring (bicyclic) bond motifs is 1. The van der Waals surface area contributed by atoms with Gasteiger partial charge >= 0.3 is 0 Å². The summed E-state index contributed by atoms with van der Waals surface area (Å²) in [7, 11) is 1.52. The molecule has 0 bridgehead atoms. The molecule has 2 N–H and O–H groups in total. The van der Waals surface area contributed by atoms with Crippen molar-refractivity contribution in [1.82, 2.24) is 9.78 Å². The number of nitrogens with zero attached hydrogens (tertiary/aromatic N) is 2. The minimum absolute atomic E-state index is 0.0451. The summed E-state index contributed by atoms with van der Waals surface area (Å²) in [5.41, 5.74) is 2.59. The standard InChI is InChI=1S/C21H18Cl2N4O3/c1-11-19(12-4-3-5-13(22)8-12)26-27-17(10-18(28)25-20(11)27)21(29)24-16-9-14(30-2)6-7-15(16)23/h3-9,17H,10H2,1-2H3,(H,24,29)(H,25,28)/t17-/m0/s1. The van der Waals surface area contributed by atoms with Gasteiger partial charge in [0.15, 0.2) is 0 Å². The van der Waals surface area contributed by atoms with Gasteiger partial charge in [0.2, 0.25) is 11.8 Å². The van der Waals surface area contributed by atoms with Crippen molar-refractivity contribution in [3.05, 3.63) is 58.1 Å². The monoisotopic (exact) mass is 444 g/mol. The zero-order valence-electron chi connectivity index (χ0n) is 16.2. The van der Waals surface area contributed by atoms with Crippen molar-refractivity contribution >= 4 is 46.5 Å². The Bertz CT molecular complexity index is 1160. The van der Waals surface area contributed by atoms with Gasteiger partial charge in [0.05, 0.1) is 29.9 Å².